The summed E-state index contributed by atoms with van der Waals surface area (Å²) >= 11 is 0. The molecule has 0 fully saturated rings. The smallest absolute Gasteiger partial charge is 0.325 e. The van der Waals surface area contributed by atoms with Crippen molar-refractivity contribution in [3.63, 3.8) is 0 Å². The number of nitrogens with zero attached hydrogens (tertiary/aromatic N) is 1. The van der Waals surface area contributed by atoms with Crippen LogP contribution in [0.4, 0.5) is 0 Å². The lowest BCUT2D eigenvalue weighted by molar-refractivity contribution is -0.146. The van der Waals surface area contributed by atoms with E-state index >= 15 is 0 Å². The Bertz CT molecular complexity index is 445. The van der Waals surface area contributed by atoms with Crippen LogP contribution in [0.15, 0.2) is 24.3 Å². The van der Waals surface area contributed by atoms with Gasteiger partial charge in [-0.05, 0) is 18.6 Å². The van der Waals surface area contributed by atoms with Crippen molar-refractivity contribution in [1.29, 1.82) is 0 Å². The molecule has 0 radical (unpaired) electrons. The van der Waals surface area contributed by atoms with E-state index in [1.807, 2.05) is 31.2 Å². The fourth-order valence-corrected chi connectivity index (χ4v) is 1.50. The number of esters is 1. The van der Waals surface area contributed by atoms with Gasteiger partial charge >= 0.3 is 5.97 Å². The van der Waals surface area contributed by atoms with Crippen molar-refractivity contribution in [2.45, 2.75) is 13.3 Å². The Kier molecular flexibility index (Phi) is 5.85. The Morgan fingerprint density at radius 1 is 1.26 bits per heavy atom. The second-order valence-electron chi connectivity index (χ2n) is 4.19. The third-order valence-electron chi connectivity index (χ3n) is 2.69. The molecular weight excluding hydrogens is 246 g/mol. The van der Waals surface area contributed by atoms with Crippen LogP contribution >= 0.6 is 0 Å². The molecule has 0 aliphatic heterocycles. The number of carbonyl (C=O) groups is 2. The van der Waals surface area contributed by atoms with Crippen LogP contribution in [0.5, 0.6) is 5.75 Å². The van der Waals surface area contributed by atoms with Crippen molar-refractivity contribution in [3.8, 4) is 5.75 Å². The van der Waals surface area contributed by atoms with E-state index in [9.17, 15) is 9.59 Å². The second kappa shape index (κ2) is 7.41. The molecule has 5 heteroatoms. The van der Waals surface area contributed by atoms with Crippen LogP contribution < -0.4 is 4.74 Å². The van der Waals surface area contributed by atoms with Gasteiger partial charge in [-0.3, -0.25) is 9.59 Å². The number of para-hydroxylation sites is 1. The quantitative estimate of drug-likeness (QED) is 0.729. The van der Waals surface area contributed by atoms with Crippen LogP contribution in [0.3, 0.4) is 0 Å². The molecule has 0 atom stereocenters. The van der Waals surface area contributed by atoms with E-state index in [-0.39, 0.29) is 25.5 Å². The lowest BCUT2D eigenvalue weighted by Crippen LogP contribution is -2.33. The van der Waals surface area contributed by atoms with Gasteiger partial charge in [-0.2, -0.15) is 0 Å². The molecular formula is C14H19NO4. The van der Waals surface area contributed by atoms with E-state index < -0.39 is 5.97 Å². The molecule has 0 saturated heterocycles. The standard InChI is InChI=1S/C14H19NO4/c1-11-6-4-5-7-12(11)19-9-8-13(16)15(2)10-14(17)18-3/h4-7H,8-10H2,1-3H3. The molecule has 0 aliphatic rings. The van der Waals surface area contributed by atoms with Crippen molar-refractivity contribution in [3.05, 3.63) is 29.8 Å². The van der Waals surface area contributed by atoms with Gasteiger partial charge in [0.05, 0.1) is 20.1 Å². The number of hydrogen-bond acceptors (Lipinski definition) is 4. The monoisotopic (exact) mass is 265 g/mol. The van der Waals surface area contributed by atoms with E-state index in [2.05, 4.69) is 4.74 Å². The summed E-state index contributed by atoms with van der Waals surface area (Å²) in [5, 5.41) is 0. The summed E-state index contributed by atoms with van der Waals surface area (Å²) < 4.78 is 10.0. The molecule has 0 bridgehead atoms. The topological polar surface area (TPSA) is 55.8 Å². The normalized spacial score (nSPS) is 9.84. The Morgan fingerprint density at radius 3 is 2.58 bits per heavy atom. The number of amides is 1. The third-order valence-corrected chi connectivity index (χ3v) is 2.69. The predicted octanol–water partition coefficient (Wildman–Crippen LogP) is 1.40. The zero-order valence-electron chi connectivity index (χ0n) is 11.5. The molecule has 0 saturated carbocycles. The van der Waals surface area contributed by atoms with Crippen LogP contribution in [-0.2, 0) is 14.3 Å². The number of methoxy groups -OCH3 is 1. The van der Waals surface area contributed by atoms with Gasteiger partial charge in [0.2, 0.25) is 5.91 Å². The van der Waals surface area contributed by atoms with Gasteiger partial charge in [0.25, 0.3) is 0 Å². The van der Waals surface area contributed by atoms with Gasteiger partial charge in [0, 0.05) is 7.05 Å². The zero-order valence-corrected chi connectivity index (χ0v) is 11.5. The number of carbonyl (C=O) groups excluding carboxylic acids is 2. The first kappa shape index (κ1) is 15.0. The number of likely N-dealkylation sites (N-methyl/N-ethyl adjacent to an activating group) is 1. The van der Waals surface area contributed by atoms with Gasteiger partial charge in [-0.25, -0.2) is 0 Å². The fourth-order valence-electron chi connectivity index (χ4n) is 1.50. The molecule has 5 nitrogen and oxygen atoms in total. The fraction of sp³-hybridized carbons (Fsp3) is 0.429. The SMILES string of the molecule is COC(=O)CN(C)C(=O)CCOc1ccccc1C. The van der Waals surface area contributed by atoms with E-state index in [0.717, 1.165) is 11.3 Å². The summed E-state index contributed by atoms with van der Waals surface area (Å²) in [5.41, 5.74) is 1.03. The molecule has 104 valence electrons. The maximum Gasteiger partial charge on any atom is 0.325 e. The largest absolute Gasteiger partial charge is 0.493 e. The van der Waals surface area contributed by atoms with E-state index in [1.165, 1.54) is 12.0 Å². The molecule has 1 amide bonds. The van der Waals surface area contributed by atoms with E-state index in [1.54, 1.807) is 7.05 Å². The average Bonchev–Trinajstić information content (AvgIpc) is 2.40. The van der Waals surface area contributed by atoms with Crippen molar-refractivity contribution < 1.29 is 19.1 Å². The van der Waals surface area contributed by atoms with Gasteiger partial charge in [-0.1, -0.05) is 18.2 Å². The van der Waals surface area contributed by atoms with E-state index in [4.69, 9.17) is 4.74 Å². The van der Waals surface area contributed by atoms with Crippen LogP contribution in [0.1, 0.15) is 12.0 Å². The molecule has 19 heavy (non-hydrogen) atoms. The summed E-state index contributed by atoms with van der Waals surface area (Å²) in [6, 6.07) is 7.61. The van der Waals surface area contributed by atoms with Crippen LogP contribution in [0.2, 0.25) is 0 Å². The summed E-state index contributed by atoms with van der Waals surface area (Å²) in [6.45, 7) is 2.19. The lowest BCUT2D eigenvalue weighted by Gasteiger charge is -2.16. The lowest BCUT2D eigenvalue weighted by atomic mass is 10.2. The van der Waals surface area contributed by atoms with Gasteiger partial charge in [0.15, 0.2) is 0 Å². The van der Waals surface area contributed by atoms with Crippen molar-refractivity contribution in [1.82, 2.24) is 4.90 Å². The summed E-state index contributed by atoms with van der Waals surface area (Å²) in [7, 11) is 2.86. The molecule has 0 heterocycles. The number of benzene rings is 1. The van der Waals surface area contributed by atoms with Crippen molar-refractivity contribution in [2.24, 2.45) is 0 Å². The number of rotatable bonds is 6. The Hall–Kier alpha value is -2.04. The van der Waals surface area contributed by atoms with Crippen LogP contribution in [0.25, 0.3) is 0 Å². The molecule has 0 spiro atoms. The summed E-state index contributed by atoms with van der Waals surface area (Å²) in [4.78, 5) is 24.1. The number of aryl methyl sites for hydroxylation is 1. The highest BCUT2D eigenvalue weighted by molar-refractivity contribution is 5.81. The molecule has 0 aliphatic carbocycles. The molecule has 1 aromatic carbocycles. The van der Waals surface area contributed by atoms with Crippen LogP contribution in [-0.4, -0.2) is 44.1 Å². The average molecular weight is 265 g/mol. The molecule has 0 aromatic heterocycles. The van der Waals surface area contributed by atoms with Gasteiger partial charge in [0.1, 0.15) is 12.3 Å². The first-order valence-electron chi connectivity index (χ1n) is 6.03. The van der Waals surface area contributed by atoms with Crippen molar-refractivity contribution in [2.75, 3.05) is 27.3 Å². The number of ether oxygens (including phenoxy) is 2. The molecule has 1 aromatic rings. The van der Waals surface area contributed by atoms with E-state index in [0.29, 0.717) is 0 Å². The highest BCUT2D eigenvalue weighted by Crippen LogP contribution is 2.16. The summed E-state index contributed by atoms with van der Waals surface area (Å²) in [6.07, 6.45) is 0.224. The van der Waals surface area contributed by atoms with Crippen molar-refractivity contribution >= 4 is 11.9 Å². The third kappa shape index (κ3) is 4.99. The molecule has 0 unspecified atom stereocenters. The Morgan fingerprint density at radius 2 is 1.95 bits per heavy atom. The first-order valence-corrected chi connectivity index (χ1v) is 6.03. The minimum absolute atomic E-state index is 0.0420. The first-order chi connectivity index (χ1) is 9.04. The molecule has 0 N–H and O–H groups in total. The van der Waals surface area contributed by atoms with Crippen LogP contribution in [0, 0.1) is 6.92 Å². The second-order valence-corrected chi connectivity index (χ2v) is 4.19. The number of hydrogen-bond donors (Lipinski definition) is 0. The Balaban J connectivity index is 2.35. The molecule has 1 rings (SSSR count). The highest BCUT2D eigenvalue weighted by atomic mass is 16.5. The van der Waals surface area contributed by atoms with Gasteiger partial charge in [-0.15, -0.1) is 0 Å². The highest BCUT2D eigenvalue weighted by Gasteiger charge is 2.13. The predicted molar refractivity (Wildman–Crippen MR) is 70.9 cm³/mol. The Labute approximate surface area is 113 Å². The minimum Gasteiger partial charge on any atom is -0.493 e. The zero-order chi connectivity index (χ0) is 14.3. The van der Waals surface area contributed by atoms with Gasteiger partial charge < -0.3 is 14.4 Å². The maximum absolute atomic E-state index is 11.7. The minimum atomic E-state index is -0.435. The summed E-state index contributed by atoms with van der Waals surface area (Å²) in [5.74, 6) is 0.181. The maximum atomic E-state index is 11.7.